The molecule has 1 aliphatic rings. The molecule has 0 N–H and O–H groups in total. The van der Waals surface area contributed by atoms with Crippen molar-refractivity contribution in [1.82, 2.24) is 14.8 Å². The second kappa shape index (κ2) is 7.75. The number of rotatable bonds is 6. The number of carbonyl (C=O) groups is 1. The average molecular weight is 358 g/mol. The molecule has 2 heterocycles. The van der Waals surface area contributed by atoms with Crippen LogP contribution in [-0.2, 0) is 4.79 Å². The molecule has 0 radical (unpaired) electrons. The summed E-state index contributed by atoms with van der Waals surface area (Å²) in [5.41, 5.74) is 2.19. The fraction of sp³-hybridized carbons (Fsp3) is 0.500. The Labute approximate surface area is 154 Å². The Kier molecular flexibility index (Phi) is 5.64. The first kappa shape index (κ1) is 18.2. The Morgan fingerprint density at radius 3 is 2.64 bits per heavy atom. The zero-order valence-corrected chi connectivity index (χ0v) is 16.3. The van der Waals surface area contributed by atoms with E-state index in [1.807, 2.05) is 29.3 Å². The molecule has 0 saturated carbocycles. The minimum atomic E-state index is 0.0848. The van der Waals surface area contributed by atoms with E-state index in [2.05, 4.69) is 49.7 Å². The van der Waals surface area contributed by atoms with Crippen LogP contribution in [0.5, 0.6) is 0 Å². The first-order valence-electron chi connectivity index (χ1n) is 8.99. The monoisotopic (exact) mass is 357 g/mol. The predicted molar refractivity (Wildman–Crippen MR) is 106 cm³/mol. The van der Waals surface area contributed by atoms with E-state index in [4.69, 9.17) is 0 Å². The highest BCUT2D eigenvalue weighted by atomic mass is 32.2. The van der Waals surface area contributed by atoms with Crippen LogP contribution >= 0.6 is 11.8 Å². The zero-order valence-electron chi connectivity index (χ0n) is 15.5. The maximum Gasteiger partial charge on any atom is 0.233 e. The predicted octanol–water partition coefficient (Wildman–Crippen LogP) is 3.93. The molecule has 0 spiro atoms. The lowest BCUT2D eigenvalue weighted by atomic mass is 10.1. The molecule has 1 aromatic carbocycles. The molecule has 1 aliphatic heterocycles. The minimum Gasteiger partial charge on any atom is -0.325 e. The maximum atomic E-state index is 12.5. The van der Waals surface area contributed by atoms with E-state index in [1.54, 1.807) is 11.8 Å². The normalized spacial score (nSPS) is 18.3. The first-order chi connectivity index (χ1) is 12.0. The van der Waals surface area contributed by atoms with E-state index in [1.165, 1.54) is 5.56 Å². The van der Waals surface area contributed by atoms with Gasteiger partial charge in [0.15, 0.2) is 0 Å². The van der Waals surface area contributed by atoms with E-state index in [9.17, 15) is 4.79 Å². The van der Waals surface area contributed by atoms with Crippen molar-refractivity contribution in [2.75, 3.05) is 18.8 Å². The molecule has 1 atom stereocenters. The van der Waals surface area contributed by atoms with Gasteiger partial charge in [-0.15, -0.1) is 11.8 Å². The molecule has 1 saturated heterocycles. The fourth-order valence-electron chi connectivity index (χ4n) is 3.62. The summed E-state index contributed by atoms with van der Waals surface area (Å²) in [6.07, 6.45) is 1.85. The fourth-order valence-corrected chi connectivity index (χ4v) is 4.88. The number of pyridine rings is 1. The Balaban J connectivity index is 1.84. The third kappa shape index (κ3) is 3.82. The number of hydrogen-bond donors (Lipinski definition) is 0. The van der Waals surface area contributed by atoms with E-state index in [0.717, 1.165) is 24.0 Å². The lowest BCUT2D eigenvalue weighted by Crippen LogP contribution is -2.43. The summed E-state index contributed by atoms with van der Waals surface area (Å²) in [5.74, 6) is 0.799. The van der Waals surface area contributed by atoms with Crippen molar-refractivity contribution < 1.29 is 4.79 Å². The molecule has 1 unspecified atom stereocenters. The van der Waals surface area contributed by atoms with Gasteiger partial charge in [0.25, 0.3) is 0 Å². The molecule has 5 heteroatoms. The largest absolute Gasteiger partial charge is 0.325 e. The quantitative estimate of drug-likeness (QED) is 0.785. The van der Waals surface area contributed by atoms with Crippen LogP contribution < -0.4 is 0 Å². The smallest absolute Gasteiger partial charge is 0.233 e. The Morgan fingerprint density at radius 1 is 1.20 bits per heavy atom. The summed E-state index contributed by atoms with van der Waals surface area (Å²) in [6.45, 7) is 10.5. The van der Waals surface area contributed by atoms with Gasteiger partial charge in [-0.2, -0.15) is 0 Å². The van der Waals surface area contributed by atoms with Crippen molar-refractivity contribution in [1.29, 1.82) is 0 Å². The number of thioether (sulfide) groups is 1. The van der Waals surface area contributed by atoms with Crippen molar-refractivity contribution in [2.45, 2.75) is 45.2 Å². The van der Waals surface area contributed by atoms with Crippen LogP contribution in [0, 0.1) is 0 Å². The second-order valence-electron chi connectivity index (χ2n) is 7.09. The molecule has 0 aliphatic carbocycles. The van der Waals surface area contributed by atoms with Gasteiger partial charge in [0.2, 0.25) is 5.91 Å². The van der Waals surface area contributed by atoms with Crippen LogP contribution in [0.2, 0.25) is 0 Å². The summed E-state index contributed by atoms with van der Waals surface area (Å²) < 4.78 is 0. The van der Waals surface area contributed by atoms with Gasteiger partial charge in [0, 0.05) is 36.8 Å². The SMILES string of the molecule is CC(C)N(CCN1C(=O)CSC1c1ccnc2ccccc12)C(C)C. The summed E-state index contributed by atoms with van der Waals surface area (Å²) in [4.78, 5) is 21.5. The van der Waals surface area contributed by atoms with Crippen LogP contribution in [0.1, 0.15) is 38.6 Å². The van der Waals surface area contributed by atoms with Gasteiger partial charge in [-0.1, -0.05) is 18.2 Å². The van der Waals surface area contributed by atoms with Crippen LogP contribution in [0.3, 0.4) is 0 Å². The summed E-state index contributed by atoms with van der Waals surface area (Å²) in [6, 6.07) is 11.2. The van der Waals surface area contributed by atoms with E-state index in [-0.39, 0.29) is 11.3 Å². The number of aromatic nitrogens is 1. The maximum absolute atomic E-state index is 12.5. The second-order valence-corrected chi connectivity index (χ2v) is 8.16. The average Bonchev–Trinajstić information content (AvgIpc) is 2.95. The number of amides is 1. The van der Waals surface area contributed by atoms with Gasteiger partial charge in [-0.05, 0) is 45.4 Å². The summed E-state index contributed by atoms with van der Waals surface area (Å²) in [7, 11) is 0. The number of para-hydroxylation sites is 1. The van der Waals surface area contributed by atoms with Crippen molar-refractivity contribution in [3.05, 3.63) is 42.1 Å². The molecule has 2 aromatic rings. The highest BCUT2D eigenvalue weighted by Crippen LogP contribution is 2.40. The van der Waals surface area contributed by atoms with Crippen LogP contribution in [0.4, 0.5) is 0 Å². The van der Waals surface area contributed by atoms with Gasteiger partial charge in [-0.3, -0.25) is 14.7 Å². The van der Waals surface area contributed by atoms with Gasteiger partial charge < -0.3 is 4.90 Å². The molecule has 4 nitrogen and oxygen atoms in total. The molecule has 25 heavy (non-hydrogen) atoms. The standard InChI is InChI=1S/C20H27N3OS/c1-14(2)22(15(3)4)11-12-23-19(24)13-25-20(23)17-9-10-21-18-8-6-5-7-16(17)18/h5-10,14-15,20H,11-13H2,1-4H3. The van der Waals surface area contributed by atoms with Crippen LogP contribution in [0.15, 0.2) is 36.5 Å². The van der Waals surface area contributed by atoms with Gasteiger partial charge in [0.1, 0.15) is 5.37 Å². The number of benzene rings is 1. The van der Waals surface area contributed by atoms with Crippen molar-refractivity contribution in [3.63, 3.8) is 0 Å². The molecule has 0 bridgehead atoms. The van der Waals surface area contributed by atoms with Gasteiger partial charge >= 0.3 is 0 Å². The van der Waals surface area contributed by atoms with E-state index in [0.29, 0.717) is 17.8 Å². The molecular formula is C20H27N3OS. The Morgan fingerprint density at radius 2 is 1.92 bits per heavy atom. The molecule has 1 aromatic heterocycles. The zero-order chi connectivity index (χ0) is 18.0. The minimum absolute atomic E-state index is 0.0848. The van der Waals surface area contributed by atoms with Crippen molar-refractivity contribution in [2.24, 2.45) is 0 Å². The van der Waals surface area contributed by atoms with E-state index >= 15 is 0 Å². The van der Waals surface area contributed by atoms with Crippen molar-refractivity contribution in [3.8, 4) is 0 Å². The van der Waals surface area contributed by atoms with Crippen LogP contribution in [-0.4, -0.2) is 51.6 Å². The van der Waals surface area contributed by atoms with Gasteiger partial charge in [0.05, 0.1) is 11.3 Å². The lowest BCUT2D eigenvalue weighted by molar-refractivity contribution is -0.128. The number of nitrogens with zero attached hydrogens (tertiary/aromatic N) is 3. The third-order valence-corrected chi connectivity index (χ3v) is 6.08. The first-order valence-corrected chi connectivity index (χ1v) is 10.0. The topological polar surface area (TPSA) is 36.4 Å². The van der Waals surface area contributed by atoms with E-state index < -0.39 is 0 Å². The van der Waals surface area contributed by atoms with Crippen LogP contribution in [0.25, 0.3) is 10.9 Å². The number of fused-ring (bicyclic) bond motifs is 1. The van der Waals surface area contributed by atoms with Crippen molar-refractivity contribution >= 4 is 28.6 Å². The third-order valence-electron chi connectivity index (χ3n) is 4.84. The van der Waals surface area contributed by atoms with Gasteiger partial charge in [-0.25, -0.2) is 0 Å². The lowest BCUT2D eigenvalue weighted by Gasteiger charge is -2.33. The molecule has 1 fully saturated rings. The summed E-state index contributed by atoms with van der Waals surface area (Å²) >= 11 is 1.73. The Hall–Kier alpha value is -1.59. The Bertz CT molecular complexity index is 733. The molecular weight excluding hydrogens is 330 g/mol. The highest BCUT2D eigenvalue weighted by molar-refractivity contribution is 8.00. The number of carbonyl (C=O) groups excluding carboxylic acids is 1. The number of hydrogen-bond acceptors (Lipinski definition) is 4. The summed E-state index contributed by atoms with van der Waals surface area (Å²) in [5, 5.41) is 1.23. The molecule has 134 valence electrons. The highest BCUT2D eigenvalue weighted by Gasteiger charge is 2.34. The molecule has 3 rings (SSSR count). The molecule has 1 amide bonds.